The highest BCUT2D eigenvalue weighted by Gasteiger charge is 2.08. The molecule has 0 aliphatic carbocycles. The molecule has 0 saturated carbocycles. The first-order valence-electron chi connectivity index (χ1n) is 5.68. The summed E-state index contributed by atoms with van der Waals surface area (Å²) in [5.74, 6) is 0.430. The van der Waals surface area contributed by atoms with E-state index >= 15 is 0 Å². The lowest BCUT2D eigenvalue weighted by atomic mass is 10.3. The van der Waals surface area contributed by atoms with Crippen LogP contribution in [-0.2, 0) is 4.79 Å². The van der Waals surface area contributed by atoms with Crippen LogP contribution in [0.15, 0.2) is 46.9 Å². The zero-order chi connectivity index (χ0) is 14.5. The molecule has 0 unspecified atom stereocenters. The molecule has 1 amide bonds. The van der Waals surface area contributed by atoms with Crippen LogP contribution >= 0.6 is 50.1 Å². The quantitative estimate of drug-likeness (QED) is 0.662. The molecule has 2 aromatic rings. The zero-order valence-corrected chi connectivity index (χ0v) is 14.7. The predicted molar refractivity (Wildman–Crippen MR) is 92.4 cm³/mol. The molecule has 0 saturated heterocycles. The maximum Gasteiger partial charge on any atom is 0.262 e. The molecule has 1 N–H and O–H groups in total. The third-order valence-electron chi connectivity index (χ3n) is 2.40. The van der Waals surface area contributed by atoms with Gasteiger partial charge >= 0.3 is 0 Å². The summed E-state index contributed by atoms with van der Waals surface area (Å²) in [5.41, 5.74) is 0.561. The summed E-state index contributed by atoms with van der Waals surface area (Å²) in [4.78, 5) is 11.8. The molecule has 20 heavy (non-hydrogen) atoms. The number of ether oxygens (including phenoxy) is 1. The van der Waals surface area contributed by atoms with Crippen molar-refractivity contribution in [2.24, 2.45) is 0 Å². The molecular formula is C14H10BrClINO2. The lowest BCUT2D eigenvalue weighted by Gasteiger charge is -2.10. The Kier molecular flexibility index (Phi) is 5.68. The normalized spacial score (nSPS) is 10.2. The summed E-state index contributed by atoms with van der Waals surface area (Å²) in [7, 11) is 0. The number of hydrogen-bond donors (Lipinski definition) is 1. The van der Waals surface area contributed by atoms with Crippen LogP contribution in [0.2, 0.25) is 5.02 Å². The van der Waals surface area contributed by atoms with E-state index < -0.39 is 0 Å². The van der Waals surface area contributed by atoms with E-state index in [9.17, 15) is 4.79 Å². The Balaban J connectivity index is 1.94. The highest BCUT2D eigenvalue weighted by molar-refractivity contribution is 14.1. The molecule has 0 radical (unpaired) electrons. The first kappa shape index (κ1) is 15.6. The predicted octanol–water partition coefficient (Wildman–Crippen LogP) is 4.72. The van der Waals surface area contributed by atoms with Gasteiger partial charge in [0.1, 0.15) is 5.75 Å². The molecule has 0 aliphatic heterocycles. The summed E-state index contributed by atoms with van der Waals surface area (Å²) < 4.78 is 7.28. The molecule has 0 spiro atoms. The molecule has 0 fully saturated rings. The monoisotopic (exact) mass is 465 g/mol. The van der Waals surface area contributed by atoms with Gasteiger partial charge in [-0.2, -0.15) is 0 Å². The largest absolute Gasteiger partial charge is 0.483 e. The number of para-hydroxylation sites is 1. The number of hydrogen-bond acceptors (Lipinski definition) is 2. The van der Waals surface area contributed by atoms with Crippen LogP contribution in [0.4, 0.5) is 5.69 Å². The van der Waals surface area contributed by atoms with Crippen LogP contribution in [0.1, 0.15) is 0 Å². The highest BCUT2D eigenvalue weighted by Crippen LogP contribution is 2.25. The van der Waals surface area contributed by atoms with Gasteiger partial charge in [-0.1, -0.05) is 39.7 Å². The number of halogens is 3. The van der Waals surface area contributed by atoms with Crippen molar-refractivity contribution in [2.75, 3.05) is 11.9 Å². The number of rotatable bonds is 4. The van der Waals surface area contributed by atoms with Crippen LogP contribution in [0.25, 0.3) is 0 Å². The van der Waals surface area contributed by atoms with Crippen molar-refractivity contribution in [3.8, 4) is 5.75 Å². The van der Waals surface area contributed by atoms with Crippen molar-refractivity contribution < 1.29 is 9.53 Å². The van der Waals surface area contributed by atoms with E-state index in [1.54, 1.807) is 12.1 Å². The van der Waals surface area contributed by atoms with E-state index in [1.807, 2.05) is 30.3 Å². The Hall–Kier alpha value is -0.790. The number of anilines is 1. The number of amides is 1. The van der Waals surface area contributed by atoms with Crippen molar-refractivity contribution in [1.29, 1.82) is 0 Å². The van der Waals surface area contributed by atoms with Gasteiger partial charge in [-0.25, -0.2) is 0 Å². The van der Waals surface area contributed by atoms with Crippen LogP contribution in [0, 0.1) is 3.57 Å². The van der Waals surface area contributed by atoms with Gasteiger partial charge in [0.2, 0.25) is 0 Å². The van der Waals surface area contributed by atoms with Gasteiger partial charge in [0.25, 0.3) is 5.91 Å². The molecule has 2 aromatic carbocycles. The van der Waals surface area contributed by atoms with Crippen LogP contribution in [0.3, 0.4) is 0 Å². The summed E-state index contributed by atoms with van der Waals surface area (Å²) >= 11 is 11.5. The maximum absolute atomic E-state index is 11.8. The van der Waals surface area contributed by atoms with Crippen LogP contribution in [-0.4, -0.2) is 12.5 Å². The minimum Gasteiger partial charge on any atom is -0.483 e. The summed E-state index contributed by atoms with van der Waals surface area (Å²) in [6.07, 6.45) is 0. The Morgan fingerprint density at radius 2 is 2.05 bits per heavy atom. The van der Waals surface area contributed by atoms with Crippen LogP contribution in [0.5, 0.6) is 5.75 Å². The third kappa shape index (κ3) is 4.36. The molecule has 0 atom stereocenters. The van der Waals surface area contributed by atoms with Gasteiger partial charge in [-0.15, -0.1) is 0 Å². The van der Waals surface area contributed by atoms with Gasteiger partial charge in [-0.05, 0) is 52.9 Å². The molecular weight excluding hydrogens is 456 g/mol. The van der Waals surface area contributed by atoms with Gasteiger partial charge in [-0.3, -0.25) is 4.79 Å². The standard InChI is InChI=1S/C14H10BrClINO2/c15-9-5-6-12(10(16)7-9)18-14(19)8-20-13-4-2-1-3-11(13)17/h1-7H,8H2,(H,18,19). The number of carbonyl (C=O) groups is 1. The lowest BCUT2D eigenvalue weighted by molar-refractivity contribution is -0.118. The number of benzene rings is 2. The Morgan fingerprint density at radius 3 is 2.75 bits per heavy atom. The minimum atomic E-state index is -0.256. The van der Waals surface area contributed by atoms with E-state index in [0.717, 1.165) is 8.04 Å². The number of nitrogens with one attached hydrogen (secondary N) is 1. The zero-order valence-electron chi connectivity index (χ0n) is 10.2. The van der Waals surface area contributed by atoms with E-state index in [4.69, 9.17) is 16.3 Å². The molecule has 3 nitrogen and oxygen atoms in total. The fourth-order valence-corrected chi connectivity index (χ4v) is 2.75. The summed E-state index contributed by atoms with van der Waals surface area (Å²) in [5, 5.41) is 3.18. The average molecular weight is 466 g/mol. The van der Waals surface area contributed by atoms with Crippen molar-refractivity contribution >= 4 is 61.7 Å². The van der Waals surface area contributed by atoms with Gasteiger partial charge < -0.3 is 10.1 Å². The Morgan fingerprint density at radius 1 is 1.30 bits per heavy atom. The first-order chi connectivity index (χ1) is 9.56. The molecule has 0 aliphatic rings. The van der Waals surface area contributed by atoms with Crippen molar-refractivity contribution in [3.63, 3.8) is 0 Å². The van der Waals surface area contributed by atoms with E-state index in [-0.39, 0.29) is 12.5 Å². The molecule has 104 valence electrons. The Bertz CT molecular complexity index is 636. The fraction of sp³-hybridized carbons (Fsp3) is 0.0714. The van der Waals surface area contributed by atoms with Crippen LogP contribution < -0.4 is 10.1 Å². The fourth-order valence-electron chi connectivity index (χ4n) is 1.48. The highest BCUT2D eigenvalue weighted by atomic mass is 127. The molecule has 0 bridgehead atoms. The molecule has 2 rings (SSSR count). The van der Waals surface area contributed by atoms with E-state index in [0.29, 0.717) is 16.5 Å². The maximum atomic E-state index is 11.8. The summed E-state index contributed by atoms with van der Waals surface area (Å²) in [6, 6.07) is 12.8. The third-order valence-corrected chi connectivity index (χ3v) is 4.10. The molecule has 0 heterocycles. The van der Waals surface area contributed by atoms with E-state index in [2.05, 4.69) is 43.8 Å². The Labute approximate surface area is 143 Å². The second-order valence-corrected chi connectivity index (χ2v) is 6.38. The second kappa shape index (κ2) is 7.28. The number of carbonyl (C=O) groups excluding carboxylic acids is 1. The topological polar surface area (TPSA) is 38.3 Å². The van der Waals surface area contributed by atoms with Crippen molar-refractivity contribution in [2.45, 2.75) is 0 Å². The van der Waals surface area contributed by atoms with Gasteiger partial charge in [0.05, 0.1) is 14.3 Å². The van der Waals surface area contributed by atoms with Gasteiger partial charge in [0.15, 0.2) is 6.61 Å². The van der Waals surface area contributed by atoms with Crippen molar-refractivity contribution in [3.05, 3.63) is 55.5 Å². The van der Waals surface area contributed by atoms with E-state index in [1.165, 1.54) is 0 Å². The minimum absolute atomic E-state index is 0.0631. The smallest absolute Gasteiger partial charge is 0.262 e. The van der Waals surface area contributed by atoms with Gasteiger partial charge in [0, 0.05) is 4.47 Å². The molecule has 0 aromatic heterocycles. The second-order valence-electron chi connectivity index (χ2n) is 3.89. The average Bonchev–Trinajstić information content (AvgIpc) is 2.41. The van der Waals surface area contributed by atoms with Crippen molar-refractivity contribution in [1.82, 2.24) is 0 Å². The molecule has 6 heteroatoms. The summed E-state index contributed by atoms with van der Waals surface area (Å²) in [6.45, 7) is -0.0631. The SMILES string of the molecule is O=C(COc1ccccc1I)Nc1ccc(Br)cc1Cl. The lowest BCUT2D eigenvalue weighted by Crippen LogP contribution is -2.20. The first-order valence-corrected chi connectivity index (χ1v) is 7.93.